The number of aryl methyl sites for hydroxylation is 1. The summed E-state index contributed by atoms with van der Waals surface area (Å²) in [7, 11) is 0. The van der Waals surface area contributed by atoms with Crippen molar-refractivity contribution in [3.63, 3.8) is 0 Å². The first-order valence-electron chi connectivity index (χ1n) is 12.1. The average molecular weight is 449 g/mol. The first-order valence-corrected chi connectivity index (χ1v) is 12.1. The monoisotopic (exact) mass is 448 g/mol. The minimum Gasteiger partial charge on any atom is -0.502 e. The predicted molar refractivity (Wildman–Crippen MR) is 133 cm³/mol. The van der Waals surface area contributed by atoms with Gasteiger partial charge in [-0.3, -0.25) is 0 Å². The molecule has 0 radical (unpaired) electrons. The van der Waals surface area contributed by atoms with Gasteiger partial charge in [0, 0.05) is 11.1 Å². The van der Waals surface area contributed by atoms with Crippen molar-refractivity contribution >= 4 is 0 Å². The first-order chi connectivity index (χ1) is 16.3. The molecule has 0 aliphatic heterocycles. The molecule has 5 heteroatoms. The highest BCUT2D eigenvalue weighted by Crippen LogP contribution is 2.25. The second-order valence-corrected chi connectivity index (χ2v) is 8.37. The highest BCUT2D eigenvalue weighted by Gasteiger charge is 2.10. The molecule has 0 aliphatic carbocycles. The van der Waals surface area contributed by atoms with E-state index in [4.69, 9.17) is 13.9 Å². The summed E-state index contributed by atoms with van der Waals surface area (Å²) >= 11 is 0. The second-order valence-electron chi connectivity index (χ2n) is 8.37. The lowest BCUT2D eigenvalue weighted by Gasteiger charge is -2.06. The van der Waals surface area contributed by atoms with E-state index in [1.807, 2.05) is 48.5 Å². The lowest BCUT2D eigenvalue weighted by Crippen LogP contribution is -1.97. The Morgan fingerprint density at radius 2 is 1.18 bits per heavy atom. The Labute approximate surface area is 197 Å². The summed E-state index contributed by atoms with van der Waals surface area (Å²) in [6, 6.07) is 15.9. The van der Waals surface area contributed by atoms with Crippen LogP contribution in [0.1, 0.15) is 63.4 Å². The van der Waals surface area contributed by atoms with Crippen molar-refractivity contribution in [2.24, 2.45) is 0 Å². The van der Waals surface area contributed by atoms with Gasteiger partial charge < -0.3 is 13.9 Å². The van der Waals surface area contributed by atoms with Crippen molar-refractivity contribution in [3.8, 4) is 28.7 Å². The highest BCUT2D eigenvalue weighted by molar-refractivity contribution is 5.58. The van der Waals surface area contributed by atoms with Gasteiger partial charge in [0.05, 0.1) is 19.5 Å². The maximum absolute atomic E-state index is 5.89. The van der Waals surface area contributed by atoms with Gasteiger partial charge in [-0.1, -0.05) is 69.2 Å². The molecule has 0 N–H and O–H groups in total. The molecule has 3 aromatic rings. The maximum atomic E-state index is 5.89. The van der Waals surface area contributed by atoms with Crippen LogP contribution in [-0.4, -0.2) is 23.4 Å². The minimum atomic E-state index is 0.516. The van der Waals surface area contributed by atoms with E-state index in [1.165, 1.54) is 56.8 Å². The molecule has 3 rings (SSSR count). The van der Waals surface area contributed by atoms with E-state index < -0.39 is 0 Å². The quantitative estimate of drug-likeness (QED) is 0.165. The van der Waals surface area contributed by atoms with Crippen LogP contribution in [0.25, 0.3) is 22.9 Å². The second kappa shape index (κ2) is 14.1. The number of nitrogens with zero attached hydrogens (tertiary/aromatic N) is 2. The maximum Gasteiger partial charge on any atom is 0.248 e. The summed E-state index contributed by atoms with van der Waals surface area (Å²) < 4.78 is 16.9. The van der Waals surface area contributed by atoms with Crippen LogP contribution >= 0.6 is 0 Å². The van der Waals surface area contributed by atoms with Gasteiger partial charge >= 0.3 is 0 Å². The molecule has 0 fully saturated rings. The fraction of sp³-hybridized carbons (Fsp3) is 0.429. The molecule has 1 aromatic heterocycles. The topological polar surface area (TPSA) is 57.4 Å². The van der Waals surface area contributed by atoms with Crippen molar-refractivity contribution in [1.29, 1.82) is 0 Å². The van der Waals surface area contributed by atoms with E-state index in [2.05, 4.69) is 23.7 Å². The van der Waals surface area contributed by atoms with Crippen LogP contribution in [0, 0.1) is 6.92 Å². The number of hydrogen-bond acceptors (Lipinski definition) is 5. The van der Waals surface area contributed by atoms with E-state index in [1.54, 1.807) is 0 Å². The number of hydrogen-bond donors (Lipinski definition) is 0. The van der Waals surface area contributed by atoms with Gasteiger partial charge in [0.2, 0.25) is 11.8 Å². The summed E-state index contributed by atoms with van der Waals surface area (Å²) in [6.07, 6.45) is 12.8. The fourth-order valence-corrected chi connectivity index (χ4v) is 3.64. The molecular formula is C28H36N2O3. The molecule has 2 aromatic carbocycles. The van der Waals surface area contributed by atoms with Crippen LogP contribution in [-0.2, 0) is 4.74 Å². The molecule has 0 saturated heterocycles. The van der Waals surface area contributed by atoms with Crippen molar-refractivity contribution in [1.82, 2.24) is 10.2 Å². The lowest BCUT2D eigenvalue weighted by atomic mass is 10.1. The van der Waals surface area contributed by atoms with Gasteiger partial charge in [-0.25, -0.2) is 0 Å². The van der Waals surface area contributed by atoms with Gasteiger partial charge in [0.1, 0.15) is 5.75 Å². The Hall–Kier alpha value is -3.08. The summed E-state index contributed by atoms with van der Waals surface area (Å²) in [5.74, 6) is 1.92. The van der Waals surface area contributed by atoms with Gasteiger partial charge in [-0.2, -0.15) is 0 Å². The normalized spacial score (nSPS) is 10.8. The largest absolute Gasteiger partial charge is 0.502 e. The predicted octanol–water partition coefficient (Wildman–Crippen LogP) is 7.76. The number of ether oxygens (including phenoxy) is 2. The Bertz CT molecular complexity index is 933. The summed E-state index contributed by atoms with van der Waals surface area (Å²) in [6.45, 7) is 7.16. The zero-order valence-electron chi connectivity index (χ0n) is 19.8. The number of aromatic nitrogens is 2. The lowest BCUT2D eigenvalue weighted by molar-refractivity contribution is 0.241. The standard InChI is InChI=1S/C28H36N2O3/c1-3-31-21-11-9-7-5-4-6-8-10-12-22-32-26-19-17-25(18-20-26)28-30-29-27(33-28)24-15-13-23(2)14-16-24/h3,13-20H,1,4-12,21-22H2,2H3. The van der Waals surface area contributed by atoms with Crippen molar-refractivity contribution in [2.45, 2.75) is 64.7 Å². The molecule has 1 heterocycles. The zero-order chi connectivity index (χ0) is 23.1. The Kier molecular flexibility index (Phi) is 10.5. The van der Waals surface area contributed by atoms with Crippen LogP contribution in [0.5, 0.6) is 5.75 Å². The van der Waals surface area contributed by atoms with E-state index >= 15 is 0 Å². The van der Waals surface area contributed by atoms with Crippen LogP contribution in [0.2, 0.25) is 0 Å². The third-order valence-corrected chi connectivity index (χ3v) is 5.62. The molecular weight excluding hydrogens is 412 g/mol. The molecule has 0 aliphatic rings. The molecule has 0 saturated carbocycles. The summed E-state index contributed by atoms with van der Waals surface area (Å²) in [4.78, 5) is 0. The van der Waals surface area contributed by atoms with Gasteiger partial charge in [0.25, 0.3) is 0 Å². The van der Waals surface area contributed by atoms with Gasteiger partial charge in [0.15, 0.2) is 0 Å². The smallest absolute Gasteiger partial charge is 0.248 e. The summed E-state index contributed by atoms with van der Waals surface area (Å²) in [5, 5.41) is 8.36. The molecule has 0 atom stereocenters. The van der Waals surface area contributed by atoms with Crippen LogP contribution in [0.4, 0.5) is 0 Å². The van der Waals surface area contributed by atoms with Gasteiger partial charge in [-0.15, -0.1) is 10.2 Å². The Morgan fingerprint density at radius 3 is 1.73 bits per heavy atom. The highest BCUT2D eigenvalue weighted by atomic mass is 16.5. The van der Waals surface area contributed by atoms with E-state index in [-0.39, 0.29) is 0 Å². The van der Waals surface area contributed by atoms with Crippen LogP contribution in [0.3, 0.4) is 0 Å². The van der Waals surface area contributed by atoms with Crippen molar-refractivity contribution in [2.75, 3.05) is 13.2 Å². The minimum absolute atomic E-state index is 0.516. The van der Waals surface area contributed by atoms with E-state index in [9.17, 15) is 0 Å². The molecule has 0 bridgehead atoms. The third kappa shape index (κ3) is 8.76. The molecule has 0 unspecified atom stereocenters. The SMILES string of the molecule is C=COCCCCCCCCCCCOc1ccc(-c2nnc(-c3ccc(C)cc3)o2)cc1. The summed E-state index contributed by atoms with van der Waals surface area (Å²) in [5.41, 5.74) is 3.02. The third-order valence-electron chi connectivity index (χ3n) is 5.62. The van der Waals surface area contributed by atoms with E-state index in [0.717, 1.165) is 42.9 Å². The number of rotatable bonds is 16. The molecule has 0 amide bonds. The van der Waals surface area contributed by atoms with Crippen LogP contribution in [0.15, 0.2) is 65.8 Å². The van der Waals surface area contributed by atoms with Crippen LogP contribution < -0.4 is 4.74 Å². The fourth-order valence-electron chi connectivity index (χ4n) is 3.64. The molecule has 0 spiro atoms. The average Bonchev–Trinajstić information content (AvgIpc) is 3.33. The zero-order valence-corrected chi connectivity index (χ0v) is 19.8. The molecule has 5 nitrogen and oxygen atoms in total. The Balaban J connectivity index is 1.28. The molecule has 176 valence electrons. The first kappa shape index (κ1) is 24.6. The Morgan fingerprint density at radius 1 is 0.697 bits per heavy atom. The van der Waals surface area contributed by atoms with Crippen molar-refractivity contribution in [3.05, 3.63) is 66.9 Å². The van der Waals surface area contributed by atoms with Crippen molar-refractivity contribution < 1.29 is 13.9 Å². The van der Waals surface area contributed by atoms with Gasteiger partial charge in [-0.05, 0) is 56.2 Å². The number of benzene rings is 2. The number of unbranched alkanes of at least 4 members (excludes halogenated alkanes) is 8. The van der Waals surface area contributed by atoms with E-state index in [0.29, 0.717) is 11.8 Å². The molecule has 33 heavy (non-hydrogen) atoms.